The Morgan fingerprint density at radius 3 is 2.56 bits per heavy atom. The Morgan fingerprint density at radius 2 is 1.96 bits per heavy atom. The number of methoxy groups -OCH3 is 1. The number of imide groups is 1. The topological polar surface area (TPSA) is 81.0 Å². The van der Waals surface area contributed by atoms with E-state index in [-0.39, 0.29) is 31.2 Å². The van der Waals surface area contributed by atoms with Crippen LogP contribution in [0, 0.1) is 6.92 Å². The second-order valence-electron chi connectivity index (χ2n) is 5.77. The lowest BCUT2D eigenvalue weighted by Gasteiger charge is -2.10. The number of hydrogen-bond donors (Lipinski definition) is 0. The number of amides is 3. The second kappa shape index (κ2) is 6.79. The zero-order chi connectivity index (χ0) is 18.1. The number of hydrogen-bond acceptors (Lipinski definition) is 5. The molecule has 8 heteroatoms. The fourth-order valence-corrected chi connectivity index (χ4v) is 4.10. The molecular weight excluding hydrogens is 342 g/mol. The molecule has 0 N–H and O–H groups in total. The molecule has 1 aromatic carbocycles. The van der Waals surface area contributed by atoms with E-state index < -0.39 is 5.91 Å². The summed E-state index contributed by atoms with van der Waals surface area (Å²) in [5.74, 6) is -0.414. The fraction of sp³-hybridized carbons (Fsp3) is 0.412. The van der Waals surface area contributed by atoms with Crippen LogP contribution in [0.25, 0.3) is 10.2 Å². The van der Waals surface area contributed by atoms with E-state index in [0.717, 1.165) is 26.4 Å². The zero-order valence-electron chi connectivity index (χ0n) is 14.4. The van der Waals surface area contributed by atoms with Crippen LogP contribution in [0.15, 0.2) is 17.1 Å². The minimum atomic E-state index is -0.506. The van der Waals surface area contributed by atoms with Crippen molar-refractivity contribution in [3.05, 3.63) is 22.5 Å². The Kier molecular flexibility index (Phi) is 4.71. The summed E-state index contributed by atoms with van der Waals surface area (Å²) >= 11 is 1.40. The average molecular weight is 361 g/mol. The Morgan fingerprint density at radius 1 is 1.28 bits per heavy atom. The van der Waals surface area contributed by atoms with E-state index >= 15 is 0 Å². The van der Waals surface area contributed by atoms with E-state index in [4.69, 9.17) is 4.74 Å². The largest absolute Gasteiger partial charge is 0.495 e. The normalized spacial score (nSPS) is 15.5. The van der Waals surface area contributed by atoms with Crippen molar-refractivity contribution in [1.82, 2.24) is 9.47 Å². The molecule has 3 rings (SSSR count). The first kappa shape index (κ1) is 17.3. The van der Waals surface area contributed by atoms with E-state index in [2.05, 4.69) is 4.99 Å². The number of aryl methyl sites for hydroxylation is 2. The number of carbonyl (C=O) groups excluding carboxylic acids is 3. The maximum atomic E-state index is 12.3. The van der Waals surface area contributed by atoms with Crippen molar-refractivity contribution in [1.29, 1.82) is 0 Å². The number of rotatable bonds is 4. The number of fused-ring (bicyclic) bond motifs is 1. The molecule has 0 bridgehead atoms. The van der Waals surface area contributed by atoms with Crippen LogP contribution >= 0.6 is 11.3 Å². The molecule has 0 atom stereocenters. The number of aromatic nitrogens is 1. The zero-order valence-corrected chi connectivity index (χ0v) is 15.2. The summed E-state index contributed by atoms with van der Waals surface area (Å²) in [6, 6.07) is 3.86. The highest BCUT2D eigenvalue weighted by Gasteiger charge is 2.30. The van der Waals surface area contributed by atoms with Gasteiger partial charge in [0, 0.05) is 19.4 Å². The molecule has 1 aromatic heterocycles. The molecule has 1 aliphatic rings. The van der Waals surface area contributed by atoms with Crippen LogP contribution in [0.3, 0.4) is 0 Å². The first-order valence-electron chi connectivity index (χ1n) is 8.04. The fourth-order valence-electron chi connectivity index (χ4n) is 2.90. The summed E-state index contributed by atoms with van der Waals surface area (Å²) in [5, 5.41) is 0. The van der Waals surface area contributed by atoms with Crippen molar-refractivity contribution in [2.45, 2.75) is 33.2 Å². The van der Waals surface area contributed by atoms with Gasteiger partial charge in [-0.2, -0.15) is 4.99 Å². The molecule has 1 saturated heterocycles. The highest BCUT2D eigenvalue weighted by atomic mass is 32.1. The van der Waals surface area contributed by atoms with Crippen molar-refractivity contribution >= 4 is 39.3 Å². The van der Waals surface area contributed by atoms with Crippen molar-refractivity contribution in [2.24, 2.45) is 4.99 Å². The lowest BCUT2D eigenvalue weighted by atomic mass is 10.2. The Labute approximate surface area is 148 Å². The van der Waals surface area contributed by atoms with Crippen LogP contribution in [0.2, 0.25) is 0 Å². The summed E-state index contributed by atoms with van der Waals surface area (Å²) < 4.78 is 8.36. The standard InChI is InChI=1S/C17H19N3O4S/c1-4-19-15-11(24-3)6-5-10(2)16(15)25-17(19)18-12(21)9-20-13(22)7-8-14(20)23/h5-6H,4,7-9H2,1-3H3. The Bertz CT molecular complexity index is 925. The average Bonchev–Trinajstić information content (AvgIpc) is 3.10. The van der Waals surface area contributed by atoms with Crippen LogP contribution in [0.5, 0.6) is 5.75 Å². The minimum Gasteiger partial charge on any atom is -0.495 e. The summed E-state index contributed by atoms with van der Waals surface area (Å²) in [6.45, 7) is 4.27. The number of benzene rings is 1. The van der Waals surface area contributed by atoms with Crippen molar-refractivity contribution in [3.63, 3.8) is 0 Å². The van der Waals surface area contributed by atoms with Gasteiger partial charge in [-0.05, 0) is 25.5 Å². The quantitative estimate of drug-likeness (QED) is 0.775. The van der Waals surface area contributed by atoms with Gasteiger partial charge in [0.05, 0.1) is 11.8 Å². The predicted molar refractivity (Wildman–Crippen MR) is 93.3 cm³/mol. The molecule has 0 spiro atoms. The highest BCUT2D eigenvalue weighted by molar-refractivity contribution is 7.16. The molecule has 2 aromatic rings. The predicted octanol–water partition coefficient (Wildman–Crippen LogP) is 1.62. The van der Waals surface area contributed by atoms with Gasteiger partial charge in [-0.3, -0.25) is 19.3 Å². The highest BCUT2D eigenvalue weighted by Crippen LogP contribution is 2.30. The molecule has 1 fully saturated rings. The van der Waals surface area contributed by atoms with Crippen LogP contribution in [0.1, 0.15) is 25.3 Å². The maximum Gasteiger partial charge on any atom is 0.268 e. The van der Waals surface area contributed by atoms with Gasteiger partial charge in [0.25, 0.3) is 5.91 Å². The van der Waals surface area contributed by atoms with Gasteiger partial charge < -0.3 is 9.30 Å². The third-order valence-corrected chi connectivity index (χ3v) is 5.40. The first-order valence-corrected chi connectivity index (χ1v) is 8.85. The molecule has 132 valence electrons. The number of carbonyl (C=O) groups is 3. The van der Waals surface area contributed by atoms with Crippen LogP contribution in [-0.2, 0) is 20.9 Å². The summed E-state index contributed by atoms with van der Waals surface area (Å²) in [7, 11) is 1.61. The Balaban J connectivity index is 2.04. The van der Waals surface area contributed by atoms with E-state index in [1.54, 1.807) is 7.11 Å². The molecule has 3 amide bonds. The van der Waals surface area contributed by atoms with Gasteiger partial charge >= 0.3 is 0 Å². The minimum absolute atomic E-state index is 0.167. The monoisotopic (exact) mass is 361 g/mol. The molecular formula is C17H19N3O4S. The molecule has 1 aliphatic heterocycles. The van der Waals surface area contributed by atoms with Gasteiger partial charge in [0.15, 0.2) is 4.80 Å². The van der Waals surface area contributed by atoms with Crippen molar-refractivity contribution < 1.29 is 19.1 Å². The maximum absolute atomic E-state index is 12.3. The Hall–Kier alpha value is -2.48. The lowest BCUT2D eigenvalue weighted by Crippen LogP contribution is -2.34. The molecule has 0 unspecified atom stereocenters. The third kappa shape index (κ3) is 3.09. The summed E-state index contributed by atoms with van der Waals surface area (Å²) in [4.78, 5) is 41.3. The molecule has 0 saturated carbocycles. The van der Waals surface area contributed by atoms with E-state index in [1.165, 1.54) is 11.3 Å². The van der Waals surface area contributed by atoms with Gasteiger partial charge in [-0.15, -0.1) is 0 Å². The molecule has 0 radical (unpaired) electrons. The summed E-state index contributed by atoms with van der Waals surface area (Å²) in [5.41, 5.74) is 1.97. The van der Waals surface area contributed by atoms with Crippen molar-refractivity contribution in [2.75, 3.05) is 13.7 Å². The van der Waals surface area contributed by atoms with Gasteiger partial charge in [0.2, 0.25) is 11.8 Å². The van der Waals surface area contributed by atoms with Gasteiger partial charge in [-0.1, -0.05) is 17.4 Å². The number of ether oxygens (including phenoxy) is 1. The lowest BCUT2D eigenvalue weighted by molar-refractivity contribution is -0.141. The van der Waals surface area contributed by atoms with Crippen LogP contribution < -0.4 is 9.54 Å². The van der Waals surface area contributed by atoms with Gasteiger partial charge in [-0.25, -0.2) is 0 Å². The number of thiazole rings is 1. The van der Waals surface area contributed by atoms with Crippen molar-refractivity contribution in [3.8, 4) is 5.75 Å². The third-order valence-electron chi connectivity index (χ3n) is 4.19. The van der Waals surface area contributed by atoms with E-state index in [9.17, 15) is 14.4 Å². The number of likely N-dealkylation sites (tertiary alicyclic amines) is 1. The molecule has 7 nitrogen and oxygen atoms in total. The van der Waals surface area contributed by atoms with E-state index in [1.807, 2.05) is 30.5 Å². The summed E-state index contributed by atoms with van der Waals surface area (Å²) in [6.07, 6.45) is 0.334. The first-order chi connectivity index (χ1) is 12.0. The molecule has 25 heavy (non-hydrogen) atoms. The van der Waals surface area contributed by atoms with E-state index in [0.29, 0.717) is 11.3 Å². The van der Waals surface area contributed by atoms with Crippen LogP contribution in [0.4, 0.5) is 0 Å². The van der Waals surface area contributed by atoms with Crippen LogP contribution in [-0.4, -0.2) is 40.8 Å². The molecule has 2 heterocycles. The second-order valence-corrected chi connectivity index (χ2v) is 6.75. The smallest absolute Gasteiger partial charge is 0.268 e. The molecule has 0 aliphatic carbocycles. The van der Waals surface area contributed by atoms with Gasteiger partial charge in [0.1, 0.15) is 17.8 Å². The SMILES string of the molecule is CCn1c(=NC(=O)CN2C(=O)CCC2=O)sc2c(C)ccc(OC)c21. The number of nitrogens with zero attached hydrogens (tertiary/aromatic N) is 3.